The Labute approximate surface area is 185 Å². The molecule has 0 aromatic carbocycles. The van der Waals surface area contributed by atoms with Gasteiger partial charge in [-0.2, -0.15) is 0 Å². The van der Waals surface area contributed by atoms with Crippen LogP contribution in [-0.2, 0) is 9.53 Å². The molecule has 4 aliphatic carbocycles. The summed E-state index contributed by atoms with van der Waals surface area (Å²) in [4.78, 5) is 10.8. The molecule has 0 N–H and O–H groups in total. The van der Waals surface area contributed by atoms with Crippen molar-refractivity contribution in [2.24, 2.45) is 46.3 Å². The van der Waals surface area contributed by atoms with Crippen molar-refractivity contribution in [3.8, 4) is 0 Å². The molecule has 0 aromatic heterocycles. The van der Waals surface area contributed by atoms with Gasteiger partial charge in [-0.25, -0.2) is 0 Å². The number of carbonyl (C=O) groups excluding carboxylic acids is 1. The predicted molar refractivity (Wildman–Crippen MR) is 124 cm³/mol. The Morgan fingerprint density at radius 1 is 1.07 bits per heavy atom. The summed E-state index contributed by atoms with van der Waals surface area (Å²) in [5, 5.41) is 0. The molecule has 30 heavy (non-hydrogen) atoms. The van der Waals surface area contributed by atoms with Gasteiger partial charge >= 0.3 is 0 Å². The van der Waals surface area contributed by atoms with Crippen LogP contribution in [0.4, 0.5) is 0 Å². The highest BCUT2D eigenvalue weighted by molar-refractivity contribution is 5.38. The highest BCUT2D eigenvalue weighted by atomic mass is 16.5. The monoisotopic (exact) mass is 414 g/mol. The van der Waals surface area contributed by atoms with Gasteiger partial charge in [0.05, 0.1) is 0 Å². The molecule has 2 nitrogen and oxygen atoms in total. The molecular weight excluding hydrogens is 368 g/mol. The van der Waals surface area contributed by atoms with Crippen molar-refractivity contribution in [1.82, 2.24) is 0 Å². The number of ether oxygens (including phenoxy) is 1. The fraction of sp³-hybridized carbons (Fsp3) is 0.893. The third-order valence-electron chi connectivity index (χ3n) is 10.5. The summed E-state index contributed by atoms with van der Waals surface area (Å²) >= 11 is 0. The quantitative estimate of drug-likeness (QED) is 0.317. The highest BCUT2D eigenvalue weighted by Gasteiger charge is 2.59. The average molecular weight is 415 g/mol. The number of allylic oxidation sites excluding steroid dienone is 1. The Kier molecular flexibility index (Phi) is 6.44. The van der Waals surface area contributed by atoms with Crippen molar-refractivity contribution in [1.29, 1.82) is 0 Å². The van der Waals surface area contributed by atoms with Gasteiger partial charge < -0.3 is 4.74 Å². The molecule has 7 unspecified atom stereocenters. The lowest BCUT2D eigenvalue weighted by Crippen LogP contribution is -2.51. The Morgan fingerprint density at radius 3 is 2.60 bits per heavy atom. The van der Waals surface area contributed by atoms with Gasteiger partial charge in [-0.15, -0.1) is 0 Å². The molecule has 3 fully saturated rings. The van der Waals surface area contributed by atoms with E-state index in [1.165, 1.54) is 57.8 Å². The summed E-state index contributed by atoms with van der Waals surface area (Å²) in [7, 11) is 0. The summed E-state index contributed by atoms with van der Waals surface area (Å²) in [5.74, 6) is 5.32. The molecule has 0 saturated heterocycles. The predicted octanol–water partition coefficient (Wildman–Crippen LogP) is 7.57. The summed E-state index contributed by atoms with van der Waals surface area (Å²) in [6.07, 6.45) is 17.2. The second-order valence-corrected chi connectivity index (χ2v) is 12.4. The number of carbonyl (C=O) groups is 1. The van der Waals surface area contributed by atoms with E-state index in [1.807, 2.05) is 0 Å². The SMILES string of the molecule is CC(C)CCC[C@@H](C)C1CCC2C3CC=C4CC(OC=O)CCC4(C)C3CCC21C. The van der Waals surface area contributed by atoms with Gasteiger partial charge in [0, 0.05) is 6.42 Å². The first-order valence-corrected chi connectivity index (χ1v) is 13.1. The van der Waals surface area contributed by atoms with Crippen LogP contribution in [0.15, 0.2) is 11.6 Å². The Balaban J connectivity index is 1.47. The molecule has 0 bridgehead atoms. The average Bonchev–Trinajstić information content (AvgIpc) is 3.05. The number of rotatable bonds is 7. The summed E-state index contributed by atoms with van der Waals surface area (Å²) < 4.78 is 5.36. The second-order valence-electron chi connectivity index (χ2n) is 12.4. The molecule has 0 spiro atoms. The number of hydrogen-bond acceptors (Lipinski definition) is 2. The van der Waals surface area contributed by atoms with Crippen LogP contribution < -0.4 is 0 Å². The smallest absolute Gasteiger partial charge is 0.293 e. The lowest BCUT2D eigenvalue weighted by atomic mass is 9.47. The first-order valence-electron chi connectivity index (χ1n) is 13.1. The molecule has 170 valence electrons. The maximum atomic E-state index is 10.8. The molecule has 2 heteroatoms. The molecule has 0 radical (unpaired) electrons. The Hall–Kier alpha value is -0.790. The fourth-order valence-corrected chi connectivity index (χ4v) is 8.85. The van der Waals surface area contributed by atoms with Crippen molar-refractivity contribution in [2.45, 2.75) is 111 Å². The molecule has 4 rings (SSSR count). The summed E-state index contributed by atoms with van der Waals surface area (Å²) in [6.45, 7) is 13.2. The molecule has 0 aromatic rings. The zero-order valence-electron chi connectivity index (χ0n) is 20.3. The number of fused-ring (bicyclic) bond motifs is 5. The molecular formula is C28H46O2. The van der Waals surface area contributed by atoms with Crippen molar-refractivity contribution in [3.63, 3.8) is 0 Å². The van der Waals surface area contributed by atoms with Crippen LogP contribution in [0.1, 0.15) is 105 Å². The van der Waals surface area contributed by atoms with Gasteiger partial charge in [0.1, 0.15) is 6.10 Å². The van der Waals surface area contributed by atoms with Gasteiger partial charge in [0.2, 0.25) is 0 Å². The minimum atomic E-state index is 0.120. The van der Waals surface area contributed by atoms with E-state index in [0.717, 1.165) is 48.3 Å². The van der Waals surface area contributed by atoms with Gasteiger partial charge in [-0.05, 0) is 91.3 Å². The highest BCUT2D eigenvalue weighted by Crippen LogP contribution is 2.67. The molecule has 8 atom stereocenters. The molecule has 0 heterocycles. The number of hydrogen-bond donors (Lipinski definition) is 0. The summed E-state index contributed by atoms with van der Waals surface area (Å²) in [5.41, 5.74) is 2.54. The van der Waals surface area contributed by atoms with E-state index in [4.69, 9.17) is 4.74 Å². The normalized spacial score (nSPS) is 43.9. The maximum absolute atomic E-state index is 10.8. The molecule has 3 saturated carbocycles. The van der Waals surface area contributed by atoms with Gasteiger partial charge in [0.25, 0.3) is 6.47 Å². The fourth-order valence-electron chi connectivity index (χ4n) is 8.85. The Bertz CT molecular complexity index is 651. The van der Waals surface area contributed by atoms with Gasteiger partial charge in [-0.1, -0.05) is 65.5 Å². The van der Waals surface area contributed by atoms with Crippen molar-refractivity contribution in [3.05, 3.63) is 11.6 Å². The maximum Gasteiger partial charge on any atom is 0.293 e. The van der Waals surface area contributed by atoms with E-state index in [0.29, 0.717) is 17.3 Å². The van der Waals surface area contributed by atoms with Crippen LogP contribution in [0.3, 0.4) is 0 Å². The third-order valence-corrected chi connectivity index (χ3v) is 10.5. The Morgan fingerprint density at radius 2 is 1.87 bits per heavy atom. The van der Waals surface area contributed by atoms with Crippen LogP contribution in [0.5, 0.6) is 0 Å². The van der Waals surface area contributed by atoms with E-state index in [1.54, 1.807) is 5.57 Å². The van der Waals surface area contributed by atoms with Crippen LogP contribution in [0.2, 0.25) is 0 Å². The molecule has 0 aliphatic heterocycles. The first kappa shape index (κ1) is 22.4. The van der Waals surface area contributed by atoms with E-state index in [2.05, 4.69) is 40.7 Å². The lowest BCUT2D eigenvalue weighted by molar-refractivity contribution is -0.136. The topological polar surface area (TPSA) is 26.3 Å². The van der Waals surface area contributed by atoms with Gasteiger partial charge in [-0.3, -0.25) is 4.79 Å². The first-order chi connectivity index (χ1) is 14.3. The standard InChI is InChI=1S/C28H46O2/c1-19(2)7-6-8-20(3)24-11-12-25-23-10-9-21-17-22(30-18-29)13-15-27(21,4)26(23)14-16-28(24,25)5/h9,18-20,22-26H,6-8,10-17H2,1-5H3/t20-,22?,23?,24?,25?,26?,27?,28?/m1/s1. The second kappa shape index (κ2) is 8.62. The van der Waals surface area contributed by atoms with Crippen molar-refractivity contribution in [2.75, 3.05) is 0 Å². The van der Waals surface area contributed by atoms with E-state index in [-0.39, 0.29) is 6.10 Å². The largest absolute Gasteiger partial charge is 0.464 e. The van der Waals surface area contributed by atoms with E-state index in [9.17, 15) is 4.79 Å². The van der Waals surface area contributed by atoms with Crippen LogP contribution in [-0.4, -0.2) is 12.6 Å². The zero-order valence-corrected chi connectivity index (χ0v) is 20.3. The van der Waals surface area contributed by atoms with E-state index < -0.39 is 0 Å². The molecule has 4 aliphatic rings. The van der Waals surface area contributed by atoms with Crippen LogP contribution in [0, 0.1) is 46.3 Å². The minimum absolute atomic E-state index is 0.120. The zero-order chi connectivity index (χ0) is 21.5. The van der Waals surface area contributed by atoms with E-state index >= 15 is 0 Å². The lowest BCUT2D eigenvalue weighted by Gasteiger charge is -2.58. The molecule has 0 amide bonds. The third kappa shape index (κ3) is 3.79. The van der Waals surface area contributed by atoms with Crippen LogP contribution in [0.25, 0.3) is 0 Å². The van der Waals surface area contributed by atoms with Crippen LogP contribution >= 0.6 is 0 Å². The minimum Gasteiger partial charge on any atom is -0.464 e. The van der Waals surface area contributed by atoms with Crippen molar-refractivity contribution < 1.29 is 9.53 Å². The van der Waals surface area contributed by atoms with Crippen molar-refractivity contribution >= 4 is 6.47 Å². The summed E-state index contributed by atoms with van der Waals surface area (Å²) in [6, 6.07) is 0. The van der Waals surface area contributed by atoms with Gasteiger partial charge in [0.15, 0.2) is 0 Å².